The van der Waals surface area contributed by atoms with E-state index in [4.69, 9.17) is 4.74 Å². The van der Waals surface area contributed by atoms with Crippen molar-refractivity contribution in [2.24, 2.45) is 0 Å². The fourth-order valence-corrected chi connectivity index (χ4v) is 2.66. The van der Waals surface area contributed by atoms with Crippen LogP contribution in [0, 0.1) is 0 Å². The van der Waals surface area contributed by atoms with Gasteiger partial charge in [0.2, 0.25) is 0 Å². The van der Waals surface area contributed by atoms with Gasteiger partial charge in [0.25, 0.3) is 11.8 Å². The fourth-order valence-electron chi connectivity index (χ4n) is 2.66. The first-order valence-corrected chi connectivity index (χ1v) is 7.83. The molecule has 1 atom stereocenters. The molecule has 3 rings (SSSR count). The van der Waals surface area contributed by atoms with Crippen molar-refractivity contribution in [3.8, 4) is 11.5 Å². The van der Waals surface area contributed by atoms with Crippen molar-refractivity contribution in [2.75, 3.05) is 18.5 Å². The molecule has 136 valence electrons. The topological polar surface area (TPSA) is 67.9 Å². The van der Waals surface area contributed by atoms with Gasteiger partial charge in [-0.1, -0.05) is 12.1 Å². The molecule has 6 nitrogen and oxygen atoms in total. The number of anilines is 1. The number of rotatable bonds is 4. The Kier molecular flexibility index (Phi) is 5.01. The van der Waals surface area contributed by atoms with Crippen molar-refractivity contribution >= 4 is 17.5 Å². The van der Waals surface area contributed by atoms with Crippen molar-refractivity contribution in [1.29, 1.82) is 0 Å². The number of nitrogens with zero attached hydrogens (tertiary/aromatic N) is 1. The molecular weight excluding hydrogens is 346 g/mol. The zero-order valence-electron chi connectivity index (χ0n) is 13.8. The van der Waals surface area contributed by atoms with Crippen molar-refractivity contribution in [2.45, 2.75) is 12.7 Å². The number of ether oxygens (including phenoxy) is 2. The lowest BCUT2D eigenvalue weighted by molar-refractivity contribution is -0.127. The first-order chi connectivity index (χ1) is 12.5. The Morgan fingerprint density at radius 3 is 2.54 bits per heavy atom. The molecule has 0 bridgehead atoms. The summed E-state index contributed by atoms with van der Waals surface area (Å²) in [5.74, 6) is -0.350. The summed E-state index contributed by atoms with van der Waals surface area (Å²) in [6.45, 7) is -2.90. The molecule has 0 radical (unpaired) electrons. The van der Waals surface area contributed by atoms with E-state index in [1.54, 1.807) is 24.3 Å². The Bertz CT molecular complexity index is 811. The Labute approximate surface area is 148 Å². The fraction of sp³-hybridized carbons (Fsp3) is 0.222. The monoisotopic (exact) mass is 362 g/mol. The number of halogens is 2. The maximum absolute atomic E-state index is 12.9. The largest absolute Gasteiger partial charge is 0.477 e. The zero-order valence-corrected chi connectivity index (χ0v) is 13.8. The van der Waals surface area contributed by atoms with Gasteiger partial charge in [0.1, 0.15) is 11.5 Å². The van der Waals surface area contributed by atoms with Crippen LogP contribution in [0.3, 0.4) is 0 Å². The minimum atomic E-state index is -2.93. The van der Waals surface area contributed by atoms with Crippen LogP contribution < -0.4 is 19.7 Å². The second-order valence-corrected chi connectivity index (χ2v) is 5.51. The van der Waals surface area contributed by atoms with E-state index >= 15 is 0 Å². The predicted octanol–water partition coefficient (Wildman–Crippen LogP) is 2.44. The molecule has 2 aromatic carbocycles. The molecule has 0 aromatic heterocycles. The second kappa shape index (κ2) is 7.38. The van der Waals surface area contributed by atoms with E-state index in [0.717, 1.165) is 0 Å². The van der Waals surface area contributed by atoms with E-state index in [1.165, 1.54) is 36.2 Å². The first-order valence-electron chi connectivity index (χ1n) is 7.83. The highest BCUT2D eigenvalue weighted by Gasteiger charge is 2.33. The molecule has 26 heavy (non-hydrogen) atoms. The van der Waals surface area contributed by atoms with Crippen molar-refractivity contribution in [3.05, 3.63) is 54.1 Å². The molecule has 1 heterocycles. The number of carbonyl (C=O) groups excluding carboxylic acids is 2. The van der Waals surface area contributed by atoms with Crippen LogP contribution in [0.15, 0.2) is 48.5 Å². The van der Waals surface area contributed by atoms with Gasteiger partial charge in [0, 0.05) is 12.6 Å². The standard InChI is InChI=1S/C18H16F2N2O4/c1-21-16(23)15-10-22(13-4-2-3-5-14(13)26-15)17(24)11-6-8-12(9-7-11)25-18(19)20/h2-9,15,18H,10H2,1H3,(H,21,23)/t15-/m1/s1. The summed E-state index contributed by atoms with van der Waals surface area (Å²) < 4.78 is 34.4. The maximum atomic E-state index is 12.9. The summed E-state index contributed by atoms with van der Waals surface area (Å²) in [4.78, 5) is 26.3. The van der Waals surface area contributed by atoms with Crippen LogP contribution >= 0.6 is 0 Å². The molecule has 1 aliphatic heterocycles. The van der Waals surface area contributed by atoms with Crippen LogP contribution in [0.2, 0.25) is 0 Å². The molecule has 1 aliphatic rings. The second-order valence-electron chi connectivity index (χ2n) is 5.51. The minimum Gasteiger partial charge on any atom is -0.477 e. The number of nitrogens with one attached hydrogen (secondary N) is 1. The number of hydrogen-bond acceptors (Lipinski definition) is 4. The molecule has 8 heteroatoms. The van der Waals surface area contributed by atoms with Crippen LogP contribution in [0.1, 0.15) is 10.4 Å². The van der Waals surface area contributed by atoms with Crippen LogP contribution in [0.25, 0.3) is 0 Å². The lowest BCUT2D eigenvalue weighted by Crippen LogP contribution is -2.50. The molecule has 0 saturated heterocycles. The summed E-state index contributed by atoms with van der Waals surface area (Å²) in [5, 5.41) is 2.50. The Morgan fingerprint density at radius 2 is 1.88 bits per heavy atom. The number of likely N-dealkylation sites (N-methyl/N-ethyl adjacent to an activating group) is 1. The number of fused-ring (bicyclic) bond motifs is 1. The molecule has 0 spiro atoms. The van der Waals surface area contributed by atoms with Gasteiger partial charge in [-0.15, -0.1) is 0 Å². The third-order valence-corrected chi connectivity index (χ3v) is 3.88. The third kappa shape index (κ3) is 3.58. The number of carbonyl (C=O) groups is 2. The molecule has 0 saturated carbocycles. The Hall–Kier alpha value is -3.16. The SMILES string of the molecule is CNC(=O)[C@H]1CN(C(=O)c2ccc(OC(F)F)cc2)c2ccccc2O1. The summed E-state index contributed by atoms with van der Waals surface area (Å²) in [7, 11) is 1.49. The number of amides is 2. The summed E-state index contributed by atoms with van der Waals surface area (Å²) in [6.07, 6.45) is -0.847. The van der Waals surface area contributed by atoms with Gasteiger partial charge in [0.15, 0.2) is 6.10 Å². The molecule has 2 aromatic rings. The van der Waals surface area contributed by atoms with Crippen LogP contribution in [-0.4, -0.2) is 38.1 Å². The van der Waals surface area contributed by atoms with Gasteiger partial charge in [0.05, 0.1) is 12.2 Å². The first kappa shape index (κ1) is 17.7. The molecule has 0 aliphatic carbocycles. The Morgan fingerprint density at radius 1 is 1.19 bits per heavy atom. The number of hydrogen-bond donors (Lipinski definition) is 1. The number of para-hydroxylation sites is 2. The van der Waals surface area contributed by atoms with Crippen LogP contribution in [-0.2, 0) is 4.79 Å². The molecule has 0 unspecified atom stereocenters. The van der Waals surface area contributed by atoms with Crippen molar-refractivity contribution in [1.82, 2.24) is 5.32 Å². The van der Waals surface area contributed by atoms with Gasteiger partial charge in [-0.3, -0.25) is 9.59 Å². The van der Waals surface area contributed by atoms with E-state index in [2.05, 4.69) is 10.1 Å². The maximum Gasteiger partial charge on any atom is 0.387 e. The summed E-state index contributed by atoms with van der Waals surface area (Å²) in [6, 6.07) is 12.3. The van der Waals surface area contributed by atoms with Gasteiger partial charge >= 0.3 is 6.61 Å². The van der Waals surface area contributed by atoms with Gasteiger partial charge in [-0.25, -0.2) is 0 Å². The predicted molar refractivity (Wildman–Crippen MR) is 89.7 cm³/mol. The van der Waals surface area contributed by atoms with Crippen molar-refractivity contribution in [3.63, 3.8) is 0 Å². The minimum absolute atomic E-state index is 0.0325. The van der Waals surface area contributed by atoms with E-state index in [1.807, 2.05) is 0 Å². The quantitative estimate of drug-likeness (QED) is 0.907. The van der Waals surface area contributed by atoms with E-state index in [-0.39, 0.29) is 29.7 Å². The van der Waals surface area contributed by atoms with Gasteiger partial charge in [-0.2, -0.15) is 8.78 Å². The molecule has 0 fully saturated rings. The lowest BCUT2D eigenvalue weighted by atomic mass is 10.1. The van der Waals surface area contributed by atoms with Gasteiger partial charge in [-0.05, 0) is 36.4 Å². The molecule has 1 N–H and O–H groups in total. The van der Waals surface area contributed by atoms with E-state index in [0.29, 0.717) is 11.4 Å². The highest BCUT2D eigenvalue weighted by atomic mass is 19.3. The summed E-state index contributed by atoms with van der Waals surface area (Å²) in [5.41, 5.74) is 0.810. The van der Waals surface area contributed by atoms with Crippen molar-refractivity contribution < 1.29 is 27.8 Å². The van der Waals surface area contributed by atoms with Crippen LogP contribution in [0.5, 0.6) is 11.5 Å². The zero-order chi connectivity index (χ0) is 18.7. The number of alkyl halides is 2. The lowest BCUT2D eigenvalue weighted by Gasteiger charge is -2.34. The average molecular weight is 362 g/mol. The highest BCUT2D eigenvalue weighted by molar-refractivity contribution is 6.08. The molecule has 2 amide bonds. The normalized spacial score (nSPS) is 15.8. The average Bonchev–Trinajstić information content (AvgIpc) is 2.66. The third-order valence-electron chi connectivity index (χ3n) is 3.88. The van der Waals surface area contributed by atoms with E-state index in [9.17, 15) is 18.4 Å². The van der Waals surface area contributed by atoms with Crippen LogP contribution in [0.4, 0.5) is 14.5 Å². The summed E-state index contributed by atoms with van der Waals surface area (Å²) >= 11 is 0. The number of benzene rings is 2. The Balaban J connectivity index is 1.88. The highest BCUT2D eigenvalue weighted by Crippen LogP contribution is 2.34. The smallest absolute Gasteiger partial charge is 0.387 e. The van der Waals surface area contributed by atoms with Gasteiger partial charge < -0.3 is 19.7 Å². The molecular formula is C18H16F2N2O4. The van der Waals surface area contributed by atoms with E-state index < -0.39 is 12.7 Å².